The molecule has 126 valence electrons. The first-order valence-corrected chi connectivity index (χ1v) is 8.44. The van der Waals surface area contributed by atoms with Crippen LogP contribution in [0.2, 0.25) is 0 Å². The maximum atomic E-state index is 12.8. The van der Waals surface area contributed by atoms with E-state index in [1.165, 1.54) is 11.8 Å². The summed E-state index contributed by atoms with van der Waals surface area (Å²) >= 11 is 0. The minimum Gasteiger partial charge on any atom is -0.462 e. The molecule has 0 amide bonds. The number of hydrogen-bond acceptors (Lipinski definition) is 4. The highest BCUT2D eigenvalue weighted by Crippen LogP contribution is 2.33. The van der Waals surface area contributed by atoms with Crippen molar-refractivity contribution in [3.05, 3.63) is 63.8 Å². The molecule has 1 aromatic carbocycles. The zero-order chi connectivity index (χ0) is 17.1. The van der Waals surface area contributed by atoms with Crippen molar-refractivity contribution in [3.63, 3.8) is 0 Å². The monoisotopic (exact) mass is 326 g/mol. The highest BCUT2D eigenvalue weighted by Gasteiger charge is 2.29. The van der Waals surface area contributed by atoms with Crippen LogP contribution in [0.25, 0.3) is 0 Å². The molecular formula is C19H22N2O3. The standard InChI is InChI=1S/C19H22N2O3/c1-3-24-19(23)16-12-20-17-15(11-14-7-5-4-6-8-14)10-9-13(2)21(17)18(16)22/h4-8,12-13,15H,3,9-11H2,1-2H3/t13-,15-/m0/s1. The number of hydrogen-bond donors (Lipinski definition) is 0. The van der Waals surface area contributed by atoms with E-state index in [-0.39, 0.29) is 29.7 Å². The molecule has 0 spiro atoms. The Morgan fingerprint density at radius 1 is 1.29 bits per heavy atom. The van der Waals surface area contributed by atoms with Crippen molar-refractivity contribution in [2.24, 2.45) is 0 Å². The molecule has 2 aromatic rings. The van der Waals surface area contributed by atoms with Gasteiger partial charge in [-0.05, 0) is 38.7 Å². The molecule has 5 heteroatoms. The van der Waals surface area contributed by atoms with Crippen LogP contribution >= 0.6 is 0 Å². The molecule has 0 saturated carbocycles. The maximum Gasteiger partial charge on any atom is 0.345 e. The summed E-state index contributed by atoms with van der Waals surface area (Å²) in [4.78, 5) is 29.2. The second-order valence-corrected chi connectivity index (χ2v) is 6.24. The highest BCUT2D eigenvalue weighted by molar-refractivity contribution is 5.88. The second-order valence-electron chi connectivity index (χ2n) is 6.24. The lowest BCUT2D eigenvalue weighted by Crippen LogP contribution is -2.36. The average molecular weight is 326 g/mol. The normalized spacial score (nSPS) is 19.6. The fourth-order valence-corrected chi connectivity index (χ4v) is 3.35. The van der Waals surface area contributed by atoms with Gasteiger partial charge in [-0.3, -0.25) is 9.36 Å². The van der Waals surface area contributed by atoms with Gasteiger partial charge in [0.2, 0.25) is 0 Å². The Morgan fingerprint density at radius 3 is 2.75 bits per heavy atom. The van der Waals surface area contributed by atoms with E-state index in [4.69, 9.17) is 4.74 Å². The Morgan fingerprint density at radius 2 is 2.04 bits per heavy atom. The quantitative estimate of drug-likeness (QED) is 0.810. The molecule has 0 unspecified atom stereocenters. The molecule has 0 aliphatic carbocycles. The summed E-state index contributed by atoms with van der Waals surface area (Å²) in [5.41, 5.74) is 0.962. The van der Waals surface area contributed by atoms with Crippen molar-refractivity contribution in [3.8, 4) is 0 Å². The number of ether oxygens (including phenoxy) is 1. The molecule has 0 bridgehead atoms. The van der Waals surface area contributed by atoms with E-state index in [0.717, 1.165) is 25.1 Å². The molecule has 0 saturated heterocycles. The number of rotatable bonds is 4. The van der Waals surface area contributed by atoms with Gasteiger partial charge >= 0.3 is 5.97 Å². The summed E-state index contributed by atoms with van der Waals surface area (Å²) in [7, 11) is 0. The van der Waals surface area contributed by atoms with Crippen LogP contribution in [0.4, 0.5) is 0 Å². The van der Waals surface area contributed by atoms with E-state index >= 15 is 0 Å². The Kier molecular flexibility index (Phi) is 4.79. The van der Waals surface area contributed by atoms with Crippen LogP contribution in [-0.2, 0) is 11.2 Å². The van der Waals surface area contributed by atoms with Crippen LogP contribution in [0.1, 0.15) is 60.4 Å². The maximum absolute atomic E-state index is 12.8. The Labute approximate surface area is 141 Å². The average Bonchev–Trinajstić information content (AvgIpc) is 2.58. The van der Waals surface area contributed by atoms with Gasteiger partial charge in [-0.25, -0.2) is 9.78 Å². The number of carbonyl (C=O) groups is 1. The third-order valence-electron chi connectivity index (χ3n) is 4.58. The molecule has 0 radical (unpaired) electrons. The van der Waals surface area contributed by atoms with Crippen molar-refractivity contribution in [1.29, 1.82) is 0 Å². The Balaban J connectivity index is 1.98. The lowest BCUT2D eigenvalue weighted by atomic mass is 9.89. The summed E-state index contributed by atoms with van der Waals surface area (Å²) in [5, 5.41) is 0. The van der Waals surface area contributed by atoms with Crippen molar-refractivity contribution >= 4 is 5.97 Å². The lowest BCUT2D eigenvalue weighted by Gasteiger charge is -2.30. The van der Waals surface area contributed by atoms with Gasteiger partial charge in [0.05, 0.1) is 6.61 Å². The molecule has 1 aliphatic heterocycles. The second kappa shape index (κ2) is 6.99. The molecule has 1 aliphatic rings. The van der Waals surface area contributed by atoms with Gasteiger partial charge in [-0.15, -0.1) is 0 Å². The van der Waals surface area contributed by atoms with Crippen molar-refractivity contribution in [1.82, 2.24) is 9.55 Å². The van der Waals surface area contributed by atoms with Crippen molar-refractivity contribution in [2.45, 2.75) is 45.1 Å². The van der Waals surface area contributed by atoms with Crippen LogP contribution in [-0.4, -0.2) is 22.1 Å². The number of esters is 1. The van der Waals surface area contributed by atoms with Crippen LogP contribution in [0.5, 0.6) is 0 Å². The summed E-state index contributed by atoms with van der Waals surface area (Å²) < 4.78 is 6.65. The number of carbonyl (C=O) groups excluding carboxylic acids is 1. The van der Waals surface area contributed by atoms with Gasteiger partial charge in [0.25, 0.3) is 5.56 Å². The predicted molar refractivity (Wildman–Crippen MR) is 91.3 cm³/mol. The highest BCUT2D eigenvalue weighted by atomic mass is 16.5. The molecule has 24 heavy (non-hydrogen) atoms. The van der Waals surface area contributed by atoms with E-state index < -0.39 is 5.97 Å². The molecule has 2 atom stereocenters. The SMILES string of the molecule is CCOC(=O)c1cnc2n(c1=O)[C@@H](C)CC[C@H]2Cc1ccccc1. The number of benzene rings is 1. The van der Waals surface area contributed by atoms with E-state index in [2.05, 4.69) is 17.1 Å². The van der Waals surface area contributed by atoms with Crippen LogP contribution < -0.4 is 5.56 Å². The largest absolute Gasteiger partial charge is 0.462 e. The predicted octanol–water partition coefficient (Wildman–Crippen LogP) is 3.10. The van der Waals surface area contributed by atoms with Gasteiger partial charge in [0.15, 0.2) is 0 Å². The van der Waals surface area contributed by atoms with Crippen LogP contribution in [0, 0.1) is 0 Å². The minimum absolute atomic E-state index is 0.0211. The first kappa shape index (κ1) is 16.4. The van der Waals surface area contributed by atoms with Crippen molar-refractivity contribution < 1.29 is 9.53 Å². The first-order valence-electron chi connectivity index (χ1n) is 8.44. The molecule has 1 aromatic heterocycles. The summed E-state index contributed by atoms with van der Waals surface area (Å²) in [6.07, 6.45) is 4.11. The third kappa shape index (κ3) is 3.11. The van der Waals surface area contributed by atoms with E-state index in [1.807, 2.05) is 25.1 Å². The number of nitrogens with zero attached hydrogens (tertiary/aromatic N) is 2. The van der Waals surface area contributed by atoms with Gasteiger partial charge in [-0.1, -0.05) is 30.3 Å². The molecular weight excluding hydrogens is 304 g/mol. The molecule has 2 heterocycles. The number of fused-ring (bicyclic) bond motifs is 1. The van der Waals surface area contributed by atoms with Gasteiger partial charge in [0, 0.05) is 18.2 Å². The summed E-state index contributed by atoms with van der Waals surface area (Å²) in [6.45, 7) is 3.96. The Hall–Kier alpha value is -2.43. The summed E-state index contributed by atoms with van der Waals surface area (Å²) in [6, 6.07) is 10.3. The fourth-order valence-electron chi connectivity index (χ4n) is 3.35. The summed E-state index contributed by atoms with van der Waals surface area (Å²) in [5.74, 6) is 0.367. The zero-order valence-corrected chi connectivity index (χ0v) is 14.1. The van der Waals surface area contributed by atoms with E-state index in [9.17, 15) is 9.59 Å². The lowest BCUT2D eigenvalue weighted by molar-refractivity contribution is 0.0522. The van der Waals surface area contributed by atoms with Gasteiger partial charge in [0.1, 0.15) is 11.4 Å². The number of aromatic nitrogens is 2. The fraction of sp³-hybridized carbons (Fsp3) is 0.421. The molecule has 0 fully saturated rings. The molecule has 5 nitrogen and oxygen atoms in total. The Bertz CT molecular complexity index is 783. The van der Waals surface area contributed by atoms with Crippen LogP contribution in [0.3, 0.4) is 0 Å². The minimum atomic E-state index is -0.595. The van der Waals surface area contributed by atoms with Crippen molar-refractivity contribution in [2.75, 3.05) is 6.61 Å². The third-order valence-corrected chi connectivity index (χ3v) is 4.58. The van der Waals surface area contributed by atoms with Gasteiger partial charge in [-0.2, -0.15) is 0 Å². The molecule has 0 N–H and O–H groups in total. The zero-order valence-electron chi connectivity index (χ0n) is 14.1. The smallest absolute Gasteiger partial charge is 0.345 e. The van der Waals surface area contributed by atoms with Crippen LogP contribution in [0.15, 0.2) is 41.3 Å². The van der Waals surface area contributed by atoms with Gasteiger partial charge < -0.3 is 4.74 Å². The first-order chi connectivity index (χ1) is 11.6. The molecule has 3 rings (SSSR count). The van der Waals surface area contributed by atoms with E-state index in [1.54, 1.807) is 11.5 Å². The topological polar surface area (TPSA) is 61.2 Å². The van der Waals surface area contributed by atoms with E-state index in [0.29, 0.717) is 0 Å².